The molecule has 2 atom stereocenters. The van der Waals surface area contributed by atoms with Crippen molar-refractivity contribution in [3.05, 3.63) is 59.7 Å². The Bertz CT molecular complexity index is 694. The zero-order valence-electron chi connectivity index (χ0n) is 16.4. The van der Waals surface area contributed by atoms with Gasteiger partial charge >= 0.3 is 6.09 Å². The van der Waals surface area contributed by atoms with Crippen LogP contribution in [0.2, 0.25) is 0 Å². The van der Waals surface area contributed by atoms with Crippen molar-refractivity contribution in [2.24, 2.45) is 5.92 Å². The normalized spacial score (nSPS) is 13.0. The van der Waals surface area contributed by atoms with Crippen molar-refractivity contribution in [1.82, 2.24) is 0 Å². The smallest absolute Gasteiger partial charge is 0.414 e. The van der Waals surface area contributed by atoms with Gasteiger partial charge in [0, 0.05) is 5.69 Å². The zero-order valence-corrected chi connectivity index (χ0v) is 16.4. The maximum atomic E-state index is 12.9. The predicted octanol–water partition coefficient (Wildman–Crippen LogP) is 5.75. The van der Waals surface area contributed by atoms with E-state index in [0.717, 1.165) is 23.4 Å². The lowest BCUT2D eigenvalue weighted by Crippen LogP contribution is -2.38. The summed E-state index contributed by atoms with van der Waals surface area (Å²) in [5.74, 6) is 1.03. The van der Waals surface area contributed by atoms with Gasteiger partial charge in [0.1, 0.15) is 5.75 Å². The first-order valence-electron chi connectivity index (χ1n) is 9.18. The fraction of sp³-hybridized carbons (Fsp3) is 0.409. The summed E-state index contributed by atoms with van der Waals surface area (Å²) < 4.78 is 10.6. The molecular weight excluding hydrogens is 326 g/mol. The topological polar surface area (TPSA) is 38.8 Å². The molecule has 0 fully saturated rings. The lowest BCUT2D eigenvalue weighted by Gasteiger charge is -2.35. The molecule has 0 spiro atoms. The Kier molecular flexibility index (Phi) is 7.07. The van der Waals surface area contributed by atoms with E-state index in [1.807, 2.05) is 31.2 Å². The number of hydrogen-bond acceptors (Lipinski definition) is 3. The quantitative estimate of drug-likeness (QED) is 0.634. The van der Waals surface area contributed by atoms with Crippen LogP contribution in [0.1, 0.15) is 44.4 Å². The Hall–Kier alpha value is -2.49. The zero-order chi connectivity index (χ0) is 19.1. The minimum absolute atomic E-state index is 0.104. The third-order valence-corrected chi connectivity index (χ3v) is 4.70. The first-order chi connectivity index (χ1) is 12.5. The van der Waals surface area contributed by atoms with Crippen LogP contribution >= 0.6 is 0 Å². The number of ether oxygens (including phenoxy) is 2. The molecule has 1 amide bonds. The summed E-state index contributed by atoms with van der Waals surface area (Å²) in [6, 6.07) is 15.8. The Labute approximate surface area is 156 Å². The van der Waals surface area contributed by atoms with Crippen LogP contribution in [0, 0.1) is 12.8 Å². The average Bonchev–Trinajstić information content (AvgIpc) is 2.66. The van der Waals surface area contributed by atoms with Gasteiger partial charge < -0.3 is 9.47 Å². The van der Waals surface area contributed by atoms with Crippen LogP contribution in [0.4, 0.5) is 10.5 Å². The molecule has 0 radical (unpaired) electrons. The van der Waals surface area contributed by atoms with E-state index in [1.165, 1.54) is 5.56 Å². The van der Waals surface area contributed by atoms with Crippen molar-refractivity contribution in [3.63, 3.8) is 0 Å². The molecule has 0 aliphatic heterocycles. The monoisotopic (exact) mass is 355 g/mol. The molecule has 4 nitrogen and oxygen atoms in total. The third kappa shape index (κ3) is 4.57. The van der Waals surface area contributed by atoms with E-state index in [9.17, 15) is 4.79 Å². The minimum Gasteiger partial charge on any atom is -0.497 e. The molecule has 0 saturated heterocycles. The summed E-state index contributed by atoms with van der Waals surface area (Å²) in [6.45, 7) is 8.54. The Morgan fingerprint density at radius 3 is 2.15 bits per heavy atom. The van der Waals surface area contributed by atoms with Gasteiger partial charge in [-0.15, -0.1) is 0 Å². The Morgan fingerprint density at radius 2 is 1.65 bits per heavy atom. The fourth-order valence-corrected chi connectivity index (χ4v) is 3.03. The number of benzene rings is 2. The number of methoxy groups -OCH3 is 1. The number of rotatable bonds is 7. The van der Waals surface area contributed by atoms with E-state index < -0.39 is 0 Å². The first-order valence-corrected chi connectivity index (χ1v) is 9.18. The highest BCUT2D eigenvalue weighted by Crippen LogP contribution is 2.36. The Balaban J connectivity index is 2.52. The van der Waals surface area contributed by atoms with E-state index in [0.29, 0.717) is 6.61 Å². The second-order valence-corrected chi connectivity index (χ2v) is 6.51. The summed E-state index contributed by atoms with van der Waals surface area (Å²) in [4.78, 5) is 14.6. The van der Waals surface area contributed by atoms with Crippen molar-refractivity contribution in [3.8, 4) is 5.75 Å². The summed E-state index contributed by atoms with van der Waals surface area (Å²) in [5.41, 5.74) is 3.10. The van der Waals surface area contributed by atoms with Crippen LogP contribution in [-0.4, -0.2) is 19.8 Å². The van der Waals surface area contributed by atoms with Gasteiger partial charge in [0.25, 0.3) is 0 Å². The van der Waals surface area contributed by atoms with Crippen LogP contribution in [-0.2, 0) is 4.74 Å². The molecule has 0 bridgehead atoms. The summed E-state index contributed by atoms with van der Waals surface area (Å²) in [7, 11) is 1.63. The van der Waals surface area contributed by atoms with Gasteiger partial charge in [0.15, 0.2) is 0 Å². The van der Waals surface area contributed by atoms with Crippen molar-refractivity contribution in [2.75, 3.05) is 18.6 Å². The number of anilines is 1. The number of carbonyl (C=O) groups is 1. The van der Waals surface area contributed by atoms with Gasteiger partial charge in [-0.05, 0) is 49.6 Å². The highest BCUT2D eigenvalue weighted by atomic mass is 16.6. The van der Waals surface area contributed by atoms with Crippen LogP contribution < -0.4 is 9.64 Å². The molecule has 2 rings (SSSR count). The first kappa shape index (κ1) is 19.8. The molecule has 0 saturated carbocycles. The SMILES string of the molecule is CCOC(=O)N(c1ccc(OC)cc1)C(c1ccc(C)cc1)C(C)CC. The molecule has 0 aromatic heterocycles. The highest BCUT2D eigenvalue weighted by Gasteiger charge is 2.31. The molecule has 4 heteroatoms. The maximum Gasteiger partial charge on any atom is 0.414 e. The second kappa shape index (κ2) is 9.27. The lowest BCUT2D eigenvalue weighted by atomic mass is 9.90. The second-order valence-electron chi connectivity index (χ2n) is 6.51. The van der Waals surface area contributed by atoms with Gasteiger partial charge in [-0.3, -0.25) is 4.90 Å². The number of carbonyl (C=O) groups excluding carboxylic acids is 1. The average molecular weight is 355 g/mol. The van der Waals surface area contributed by atoms with E-state index in [4.69, 9.17) is 9.47 Å². The van der Waals surface area contributed by atoms with Gasteiger partial charge in [0.2, 0.25) is 0 Å². The number of hydrogen-bond donors (Lipinski definition) is 0. The molecule has 2 unspecified atom stereocenters. The van der Waals surface area contributed by atoms with Gasteiger partial charge in [-0.1, -0.05) is 50.1 Å². The van der Waals surface area contributed by atoms with Crippen molar-refractivity contribution in [1.29, 1.82) is 0 Å². The van der Waals surface area contributed by atoms with Crippen LogP contribution in [0.15, 0.2) is 48.5 Å². The van der Waals surface area contributed by atoms with E-state index in [1.54, 1.807) is 12.0 Å². The molecule has 140 valence electrons. The van der Waals surface area contributed by atoms with Crippen molar-refractivity contribution < 1.29 is 14.3 Å². The molecule has 2 aromatic rings. The minimum atomic E-state index is -0.330. The highest BCUT2D eigenvalue weighted by molar-refractivity contribution is 5.88. The summed E-state index contributed by atoms with van der Waals surface area (Å²) in [6.07, 6.45) is 0.619. The molecule has 0 aliphatic carbocycles. The van der Waals surface area contributed by atoms with Crippen LogP contribution in [0.25, 0.3) is 0 Å². The molecule has 0 heterocycles. The van der Waals surface area contributed by atoms with E-state index in [2.05, 4.69) is 45.0 Å². The van der Waals surface area contributed by atoms with E-state index >= 15 is 0 Å². The molecule has 26 heavy (non-hydrogen) atoms. The van der Waals surface area contributed by atoms with Crippen LogP contribution in [0.3, 0.4) is 0 Å². The fourth-order valence-electron chi connectivity index (χ4n) is 3.03. The van der Waals surface area contributed by atoms with Crippen molar-refractivity contribution >= 4 is 11.8 Å². The van der Waals surface area contributed by atoms with Crippen LogP contribution in [0.5, 0.6) is 5.75 Å². The summed E-state index contributed by atoms with van der Waals surface area (Å²) in [5, 5.41) is 0. The van der Waals surface area contributed by atoms with Gasteiger partial charge in [-0.2, -0.15) is 0 Å². The molecule has 0 aliphatic rings. The number of nitrogens with zero attached hydrogens (tertiary/aromatic N) is 1. The maximum absolute atomic E-state index is 12.9. The molecule has 2 aromatic carbocycles. The van der Waals surface area contributed by atoms with Gasteiger partial charge in [0.05, 0.1) is 19.8 Å². The lowest BCUT2D eigenvalue weighted by molar-refractivity contribution is 0.154. The number of amides is 1. The molecular formula is C22H29NO3. The third-order valence-electron chi connectivity index (χ3n) is 4.70. The largest absolute Gasteiger partial charge is 0.497 e. The number of aryl methyl sites for hydroxylation is 1. The molecule has 0 N–H and O–H groups in total. The Morgan fingerprint density at radius 1 is 1.04 bits per heavy atom. The van der Waals surface area contributed by atoms with E-state index in [-0.39, 0.29) is 18.1 Å². The predicted molar refractivity (Wildman–Crippen MR) is 106 cm³/mol. The standard InChI is InChI=1S/C22H29NO3/c1-6-17(4)21(18-10-8-16(3)9-11-18)23(22(24)26-7-2)19-12-14-20(25-5)15-13-19/h8-15,17,21H,6-7H2,1-5H3. The summed E-state index contributed by atoms with van der Waals surface area (Å²) >= 11 is 0. The van der Waals surface area contributed by atoms with Gasteiger partial charge in [-0.25, -0.2) is 4.79 Å². The van der Waals surface area contributed by atoms with Crippen molar-refractivity contribution in [2.45, 2.75) is 40.2 Å².